The third-order valence-corrected chi connectivity index (χ3v) is 3.70. The van der Waals surface area contributed by atoms with E-state index in [9.17, 15) is 14.0 Å². The van der Waals surface area contributed by atoms with E-state index in [1.165, 1.54) is 36.1 Å². The van der Waals surface area contributed by atoms with Crippen molar-refractivity contribution in [2.75, 3.05) is 16.8 Å². The molecule has 2 aromatic carbocycles. The van der Waals surface area contributed by atoms with E-state index in [1.807, 2.05) is 32.0 Å². The van der Waals surface area contributed by atoms with Crippen LogP contribution in [0.15, 0.2) is 42.5 Å². The molecule has 5 heteroatoms. The number of halogens is 1. The van der Waals surface area contributed by atoms with Crippen molar-refractivity contribution in [2.45, 2.75) is 20.8 Å². The van der Waals surface area contributed by atoms with Crippen LogP contribution in [0.4, 0.5) is 15.8 Å². The fourth-order valence-electron chi connectivity index (χ4n) is 2.23. The zero-order valence-corrected chi connectivity index (χ0v) is 13.4. The first-order valence-electron chi connectivity index (χ1n) is 7.28. The molecule has 4 nitrogen and oxygen atoms in total. The number of amides is 2. The molecule has 2 rings (SSSR count). The summed E-state index contributed by atoms with van der Waals surface area (Å²) >= 11 is 0. The maximum absolute atomic E-state index is 13.0. The van der Waals surface area contributed by atoms with E-state index in [2.05, 4.69) is 5.32 Å². The largest absolute Gasteiger partial charge is 0.324 e. The van der Waals surface area contributed by atoms with Crippen molar-refractivity contribution in [1.82, 2.24) is 0 Å². The smallest absolute Gasteiger partial charge is 0.244 e. The standard InChI is InChI=1S/C18H19FN2O2/c1-12-5-4-6-17(13(12)2)20-18(23)11-21(14(3)22)16-9-7-15(19)8-10-16/h4-10H,11H2,1-3H3,(H,20,23). The number of rotatable bonds is 4. The van der Waals surface area contributed by atoms with E-state index in [1.54, 1.807) is 0 Å². The molecule has 0 spiro atoms. The average molecular weight is 314 g/mol. The first-order chi connectivity index (χ1) is 10.9. The second kappa shape index (κ2) is 7.05. The molecule has 0 aliphatic carbocycles. The molecular formula is C18H19FN2O2. The van der Waals surface area contributed by atoms with Crippen LogP contribution in [0.25, 0.3) is 0 Å². The zero-order valence-electron chi connectivity index (χ0n) is 13.4. The Hall–Kier alpha value is -2.69. The Morgan fingerprint density at radius 2 is 1.74 bits per heavy atom. The van der Waals surface area contributed by atoms with Crippen LogP contribution in [0.5, 0.6) is 0 Å². The van der Waals surface area contributed by atoms with Crippen LogP contribution in [0, 0.1) is 19.7 Å². The summed E-state index contributed by atoms with van der Waals surface area (Å²) in [6.45, 7) is 5.13. The number of anilines is 2. The van der Waals surface area contributed by atoms with Gasteiger partial charge >= 0.3 is 0 Å². The minimum atomic E-state index is -0.392. The van der Waals surface area contributed by atoms with Crippen LogP contribution in [-0.4, -0.2) is 18.4 Å². The van der Waals surface area contributed by atoms with Gasteiger partial charge in [0.15, 0.2) is 0 Å². The van der Waals surface area contributed by atoms with Crippen LogP contribution in [0.2, 0.25) is 0 Å². The Kier molecular flexibility index (Phi) is 5.11. The normalized spacial score (nSPS) is 10.3. The Balaban J connectivity index is 2.14. The molecule has 2 amide bonds. The molecule has 1 N–H and O–H groups in total. The number of aryl methyl sites for hydroxylation is 1. The molecule has 0 bridgehead atoms. The molecular weight excluding hydrogens is 295 g/mol. The second-order valence-electron chi connectivity index (χ2n) is 5.38. The SMILES string of the molecule is CC(=O)N(CC(=O)Nc1cccc(C)c1C)c1ccc(F)cc1. The van der Waals surface area contributed by atoms with Gasteiger partial charge in [0.05, 0.1) is 0 Å². The van der Waals surface area contributed by atoms with E-state index in [0.29, 0.717) is 5.69 Å². The minimum absolute atomic E-state index is 0.131. The van der Waals surface area contributed by atoms with Crippen molar-refractivity contribution in [3.05, 3.63) is 59.4 Å². The van der Waals surface area contributed by atoms with E-state index >= 15 is 0 Å². The zero-order chi connectivity index (χ0) is 17.0. The highest BCUT2D eigenvalue weighted by Gasteiger charge is 2.16. The van der Waals surface area contributed by atoms with E-state index < -0.39 is 5.82 Å². The van der Waals surface area contributed by atoms with Crippen molar-refractivity contribution < 1.29 is 14.0 Å². The highest BCUT2D eigenvalue weighted by Crippen LogP contribution is 2.19. The summed E-state index contributed by atoms with van der Waals surface area (Å²) in [4.78, 5) is 25.3. The van der Waals surface area contributed by atoms with Crippen LogP contribution in [0.1, 0.15) is 18.1 Å². The molecule has 120 valence electrons. The van der Waals surface area contributed by atoms with Gasteiger partial charge in [-0.1, -0.05) is 12.1 Å². The molecule has 0 aliphatic rings. The Bertz CT molecular complexity index is 726. The fourth-order valence-corrected chi connectivity index (χ4v) is 2.23. The van der Waals surface area contributed by atoms with E-state index in [-0.39, 0.29) is 18.4 Å². The van der Waals surface area contributed by atoms with E-state index in [0.717, 1.165) is 16.8 Å². The fraction of sp³-hybridized carbons (Fsp3) is 0.222. The van der Waals surface area contributed by atoms with Crippen molar-refractivity contribution in [2.24, 2.45) is 0 Å². The molecule has 0 aromatic heterocycles. The van der Waals surface area contributed by atoms with Gasteiger partial charge in [0, 0.05) is 18.3 Å². The lowest BCUT2D eigenvalue weighted by molar-refractivity contribution is -0.120. The predicted molar refractivity (Wildman–Crippen MR) is 89.0 cm³/mol. The third kappa shape index (κ3) is 4.16. The summed E-state index contributed by atoms with van der Waals surface area (Å²) in [6.07, 6.45) is 0. The van der Waals surface area contributed by atoms with Crippen LogP contribution in [-0.2, 0) is 9.59 Å². The van der Waals surface area contributed by atoms with Crippen molar-refractivity contribution in [1.29, 1.82) is 0 Å². The molecule has 0 radical (unpaired) electrons. The average Bonchev–Trinajstić information content (AvgIpc) is 2.50. The molecule has 0 aliphatic heterocycles. The second-order valence-corrected chi connectivity index (χ2v) is 5.38. The van der Waals surface area contributed by atoms with Crippen LogP contribution >= 0.6 is 0 Å². The van der Waals surface area contributed by atoms with Crippen molar-refractivity contribution >= 4 is 23.2 Å². The highest BCUT2D eigenvalue weighted by molar-refractivity contribution is 6.02. The quantitative estimate of drug-likeness (QED) is 0.940. The Labute approximate surface area is 134 Å². The van der Waals surface area contributed by atoms with Crippen molar-refractivity contribution in [3.8, 4) is 0 Å². The summed E-state index contributed by atoms with van der Waals surface area (Å²) < 4.78 is 13.0. The van der Waals surface area contributed by atoms with Crippen LogP contribution in [0.3, 0.4) is 0 Å². The van der Waals surface area contributed by atoms with Gasteiger partial charge in [-0.25, -0.2) is 4.39 Å². The molecule has 0 saturated heterocycles. The molecule has 2 aromatic rings. The molecule has 0 atom stereocenters. The summed E-state index contributed by atoms with van der Waals surface area (Å²) in [6, 6.07) is 11.1. The van der Waals surface area contributed by atoms with Gasteiger partial charge in [-0.2, -0.15) is 0 Å². The molecule has 23 heavy (non-hydrogen) atoms. The number of nitrogens with one attached hydrogen (secondary N) is 1. The number of carbonyl (C=O) groups is 2. The van der Waals surface area contributed by atoms with E-state index in [4.69, 9.17) is 0 Å². The first kappa shape index (κ1) is 16.7. The predicted octanol–water partition coefficient (Wildman–Crippen LogP) is 3.43. The number of nitrogens with zero attached hydrogens (tertiary/aromatic N) is 1. The molecule has 0 fully saturated rings. The maximum atomic E-state index is 13.0. The Morgan fingerprint density at radius 3 is 2.35 bits per heavy atom. The van der Waals surface area contributed by atoms with Gasteiger partial charge in [-0.15, -0.1) is 0 Å². The first-order valence-corrected chi connectivity index (χ1v) is 7.28. The summed E-state index contributed by atoms with van der Waals surface area (Å²) in [7, 11) is 0. The van der Waals surface area contributed by atoms with Gasteiger partial charge in [0.1, 0.15) is 12.4 Å². The number of benzene rings is 2. The summed E-state index contributed by atoms with van der Waals surface area (Å²) in [5, 5.41) is 2.81. The highest BCUT2D eigenvalue weighted by atomic mass is 19.1. The van der Waals surface area contributed by atoms with Crippen molar-refractivity contribution in [3.63, 3.8) is 0 Å². The third-order valence-electron chi connectivity index (χ3n) is 3.70. The minimum Gasteiger partial charge on any atom is -0.324 e. The molecule has 0 saturated carbocycles. The Morgan fingerprint density at radius 1 is 1.09 bits per heavy atom. The summed E-state index contributed by atoms with van der Waals surface area (Å²) in [5.74, 6) is -0.983. The van der Waals surface area contributed by atoms with Crippen LogP contribution < -0.4 is 10.2 Å². The van der Waals surface area contributed by atoms with Gasteiger partial charge in [-0.05, 0) is 55.3 Å². The monoisotopic (exact) mass is 314 g/mol. The van der Waals surface area contributed by atoms with Gasteiger partial charge < -0.3 is 10.2 Å². The maximum Gasteiger partial charge on any atom is 0.244 e. The summed E-state index contributed by atoms with van der Waals surface area (Å²) in [5.41, 5.74) is 3.26. The van der Waals surface area contributed by atoms with Gasteiger partial charge in [0.25, 0.3) is 0 Å². The lowest BCUT2D eigenvalue weighted by atomic mass is 10.1. The van der Waals surface area contributed by atoms with Gasteiger partial charge in [-0.3, -0.25) is 9.59 Å². The molecule has 0 unspecified atom stereocenters. The lowest BCUT2D eigenvalue weighted by Gasteiger charge is -2.21. The van der Waals surface area contributed by atoms with Gasteiger partial charge in [0.2, 0.25) is 11.8 Å². The number of hydrogen-bond donors (Lipinski definition) is 1. The topological polar surface area (TPSA) is 49.4 Å². The molecule has 0 heterocycles. The lowest BCUT2D eigenvalue weighted by Crippen LogP contribution is -2.36. The number of carbonyl (C=O) groups excluding carboxylic acids is 2. The number of hydrogen-bond acceptors (Lipinski definition) is 2.